The van der Waals surface area contributed by atoms with Gasteiger partial charge in [0.25, 0.3) is 0 Å². The predicted molar refractivity (Wildman–Crippen MR) is 105 cm³/mol. The van der Waals surface area contributed by atoms with Gasteiger partial charge in [-0.05, 0) is 25.0 Å². The first kappa shape index (κ1) is 17.1. The fourth-order valence-electron chi connectivity index (χ4n) is 3.86. The Balaban J connectivity index is 1.42. The zero-order valence-electron chi connectivity index (χ0n) is 15.6. The number of imidazole rings is 1. The highest BCUT2D eigenvalue weighted by molar-refractivity contribution is 5.94. The maximum Gasteiger partial charge on any atom is 0.248 e. The van der Waals surface area contributed by atoms with E-state index in [1.54, 1.807) is 11.2 Å². The monoisotopic (exact) mass is 378 g/mol. The quantitative estimate of drug-likeness (QED) is 0.690. The van der Waals surface area contributed by atoms with Crippen molar-refractivity contribution in [3.8, 4) is 0 Å². The van der Waals surface area contributed by atoms with Gasteiger partial charge in [-0.1, -0.05) is 12.1 Å². The standard InChI is InChI=1S/C20H22N6O2/c27-18(13-25-14-22-16-5-1-2-6-17(16)25)26-7-3-4-15-12-21-20(23-19(15)26)24-8-10-28-11-9-24/h1-2,5-6,12,14H,3-4,7-11,13H2. The van der Waals surface area contributed by atoms with Gasteiger partial charge in [-0.25, -0.2) is 9.97 Å². The molecule has 2 aromatic heterocycles. The lowest BCUT2D eigenvalue weighted by atomic mass is 10.1. The normalized spacial score (nSPS) is 17.0. The number of aromatic nitrogens is 4. The highest BCUT2D eigenvalue weighted by Gasteiger charge is 2.26. The molecule has 2 aliphatic rings. The lowest BCUT2D eigenvalue weighted by Crippen LogP contribution is -2.40. The number of ether oxygens (including phenoxy) is 1. The van der Waals surface area contributed by atoms with Crippen LogP contribution >= 0.6 is 0 Å². The number of amides is 1. The number of hydrogen-bond donors (Lipinski definition) is 0. The third kappa shape index (κ3) is 3.09. The second kappa shape index (κ2) is 7.20. The molecule has 0 bridgehead atoms. The molecule has 8 nitrogen and oxygen atoms in total. The van der Waals surface area contributed by atoms with Crippen LogP contribution in [0.3, 0.4) is 0 Å². The minimum Gasteiger partial charge on any atom is -0.378 e. The molecule has 1 amide bonds. The Hall–Kier alpha value is -3.00. The Bertz CT molecular complexity index is 1010. The second-order valence-electron chi connectivity index (χ2n) is 7.13. The number of nitrogens with zero attached hydrogens (tertiary/aromatic N) is 6. The van der Waals surface area contributed by atoms with Crippen molar-refractivity contribution in [1.29, 1.82) is 0 Å². The molecule has 1 fully saturated rings. The molecule has 4 heterocycles. The predicted octanol–water partition coefficient (Wildman–Crippen LogP) is 1.64. The molecule has 144 valence electrons. The Morgan fingerprint density at radius 3 is 2.86 bits per heavy atom. The van der Waals surface area contributed by atoms with Crippen LogP contribution < -0.4 is 9.80 Å². The molecule has 28 heavy (non-hydrogen) atoms. The van der Waals surface area contributed by atoms with E-state index in [-0.39, 0.29) is 12.5 Å². The van der Waals surface area contributed by atoms with Crippen LogP contribution in [-0.2, 0) is 22.5 Å². The van der Waals surface area contributed by atoms with Crippen LogP contribution in [0.4, 0.5) is 11.8 Å². The minimum absolute atomic E-state index is 0.0238. The van der Waals surface area contributed by atoms with Crippen molar-refractivity contribution < 1.29 is 9.53 Å². The number of carbonyl (C=O) groups excluding carboxylic acids is 1. The highest BCUT2D eigenvalue weighted by Crippen LogP contribution is 2.27. The number of benzene rings is 1. The minimum atomic E-state index is 0.0238. The summed E-state index contributed by atoms with van der Waals surface area (Å²) < 4.78 is 7.32. The summed E-state index contributed by atoms with van der Waals surface area (Å²) in [6.45, 7) is 3.82. The van der Waals surface area contributed by atoms with Crippen LogP contribution in [0.2, 0.25) is 0 Å². The molecule has 0 unspecified atom stereocenters. The topological polar surface area (TPSA) is 76.4 Å². The number of para-hydroxylation sites is 2. The van der Waals surface area contributed by atoms with Gasteiger partial charge in [0.05, 0.1) is 30.6 Å². The molecule has 1 aromatic carbocycles. The first-order valence-corrected chi connectivity index (χ1v) is 9.68. The van der Waals surface area contributed by atoms with Crippen LogP contribution in [0, 0.1) is 0 Å². The number of anilines is 2. The summed E-state index contributed by atoms with van der Waals surface area (Å²) >= 11 is 0. The molecule has 3 aromatic rings. The van der Waals surface area contributed by atoms with Crippen molar-refractivity contribution in [3.05, 3.63) is 42.4 Å². The van der Waals surface area contributed by atoms with Crippen molar-refractivity contribution in [2.24, 2.45) is 0 Å². The third-order valence-corrected chi connectivity index (χ3v) is 5.34. The van der Waals surface area contributed by atoms with Gasteiger partial charge in [0.1, 0.15) is 12.4 Å². The summed E-state index contributed by atoms with van der Waals surface area (Å²) in [6, 6.07) is 7.85. The molecule has 2 aliphatic heterocycles. The molecule has 0 aliphatic carbocycles. The lowest BCUT2D eigenvalue weighted by Gasteiger charge is -2.31. The molecule has 0 atom stereocenters. The van der Waals surface area contributed by atoms with Crippen molar-refractivity contribution in [2.45, 2.75) is 19.4 Å². The van der Waals surface area contributed by atoms with E-state index < -0.39 is 0 Å². The molecule has 8 heteroatoms. The van der Waals surface area contributed by atoms with E-state index in [0.29, 0.717) is 25.7 Å². The van der Waals surface area contributed by atoms with Gasteiger partial charge in [0.15, 0.2) is 0 Å². The van der Waals surface area contributed by atoms with Gasteiger partial charge in [0, 0.05) is 31.4 Å². The van der Waals surface area contributed by atoms with Crippen LogP contribution in [0.25, 0.3) is 11.0 Å². The Labute approximate surface area is 162 Å². The first-order valence-electron chi connectivity index (χ1n) is 9.68. The molecular weight excluding hydrogens is 356 g/mol. The number of rotatable bonds is 3. The van der Waals surface area contributed by atoms with E-state index in [0.717, 1.165) is 48.3 Å². The first-order chi connectivity index (χ1) is 13.8. The number of aryl methyl sites for hydroxylation is 1. The van der Waals surface area contributed by atoms with Crippen molar-refractivity contribution in [1.82, 2.24) is 19.5 Å². The molecule has 0 radical (unpaired) electrons. The van der Waals surface area contributed by atoms with Crippen LogP contribution in [0.5, 0.6) is 0 Å². The summed E-state index contributed by atoms with van der Waals surface area (Å²) in [7, 11) is 0. The fraction of sp³-hybridized carbons (Fsp3) is 0.400. The molecule has 0 spiro atoms. The van der Waals surface area contributed by atoms with Crippen LogP contribution in [-0.4, -0.2) is 58.3 Å². The van der Waals surface area contributed by atoms with Gasteiger partial charge in [-0.3, -0.25) is 9.69 Å². The summed E-state index contributed by atoms with van der Waals surface area (Å²) in [6.07, 6.45) is 5.42. The average molecular weight is 378 g/mol. The molecule has 1 saturated heterocycles. The average Bonchev–Trinajstić information content (AvgIpc) is 3.16. The maximum absolute atomic E-state index is 13.1. The highest BCUT2D eigenvalue weighted by atomic mass is 16.5. The van der Waals surface area contributed by atoms with Crippen LogP contribution in [0.1, 0.15) is 12.0 Å². The van der Waals surface area contributed by atoms with Crippen molar-refractivity contribution in [2.75, 3.05) is 42.6 Å². The van der Waals surface area contributed by atoms with E-state index in [1.165, 1.54) is 0 Å². The van der Waals surface area contributed by atoms with Crippen molar-refractivity contribution >= 4 is 28.7 Å². The van der Waals surface area contributed by atoms with E-state index in [2.05, 4.69) is 14.9 Å². The number of fused-ring (bicyclic) bond motifs is 2. The molecule has 5 rings (SSSR count). The Morgan fingerprint density at radius 1 is 1.11 bits per heavy atom. The van der Waals surface area contributed by atoms with Crippen molar-refractivity contribution in [3.63, 3.8) is 0 Å². The lowest BCUT2D eigenvalue weighted by molar-refractivity contribution is -0.119. The van der Waals surface area contributed by atoms with Crippen LogP contribution in [0.15, 0.2) is 36.8 Å². The number of morpholine rings is 1. The summed E-state index contributed by atoms with van der Waals surface area (Å²) in [5.41, 5.74) is 2.89. The second-order valence-corrected chi connectivity index (χ2v) is 7.13. The fourth-order valence-corrected chi connectivity index (χ4v) is 3.86. The smallest absolute Gasteiger partial charge is 0.248 e. The zero-order chi connectivity index (χ0) is 18.9. The molecule has 0 saturated carbocycles. The van der Waals surface area contributed by atoms with Gasteiger partial charge in [-0.15, -0.1) is 0 Å². The van der Waals surface area contributed by atoms with Gasteiger partial charge >= 0.3 is 0 Å². The van der Waals surface area contributed by atoms with Gasteiger partial charge < -0.3 is 14.2 Å². The molecular formula is C20H22N6O2. The van der Waals surface area contributed by atoms with E-state index in [1.807, 2.05) is 35.0 Å². The van der Waals surface area contributed by atoms with E-state index >= 15 is 0 Å². The number of carbonyl (C=O) groups is 1. The summed E-state index contributed by atoms with van der Waals surface area (Å²) in [4.78, 5) is 30.8. The van der Waals surface area contributed by atoms with Gasteiger partial charge in [0.2, 0.25) is 11.9 Å². The third-order valence-electron chi connectivity index (χ3n) is 5.34. The zero-order valence-corrected chi connectivity index (χ0v) is 15.6. The summed E-state index contributed by atoms with van der Waals surface area (Å²) in [5, 5.41) is 0. The van der Waals surface area contributed by atoms with E-state index in [4.69, 9.17) is 9.72 Å². The number of hydrogen-bond acceptors (Lipinski definition) is 6. The largest absolute Gasteiger partial charge is 0.378 e. The van der Waals surface area contributed by atoms with Gasteiger partial charge in [-0.2, -0.15) is 4.98 Å². The Kier molecular flexibility index (Phi) is 4.40. The summed E-state index contributed by atoms with van der Waals surface area (Å²) in [5.74, 6) is 1.45. The molecule has 0 N–H and O–H groups in total. The SMILES string of the molecule is O=C(Cn1cnc2ccccc21)N1CCCc2cnc(N3CCOCC3)nc21. The Morgan fingerprint density at radius 2 is 1.96 bits per heavy atom. The maximum atomic E-state index is 13.1. The van der Waals surface area contributed by atoms with E-state index in [9.17, 15) is 4.79 Å².